The molecule has 0 bridgehead atoms. The van der Waals surface area contributed by atoms with E-state index in [0.717, 1.165) is 10.4 Å². The molecule has 144 valence electrons. The Morgan fingerprint density at radius 2 is 1.59 bits per heavy atom. The Morgan fingerprint density at radius 3 is 2.19 bits per heavy atom. The molecule has 0 aliphatic heterocycles. The van der Waals surface area contributed by atoms with Crippen LogP contribution in [0.25, 0.3) is 0 Å². The Balaban J connectivity index is 1.77. The maximum Gasteiger partial charge on any atom is 0.220 e. The predicted molar refractivity (Wildman–Crippen MR) is 109 cm³/mol. The Hall–Kier alpha value is -2.27. The quantitative estimate of drug-likeness (QED) is 0.593. The van der Waals surface area contributed by atoms with Gasteiger partial charge in [-0.1, -0.05) is 44.2 Å². The van der Waals surface area contributed by atoms with Gasteiger partial charge in [0.05, 0.1) is 10.9 Å². The summed E-state index contributed by atoms with van der Waals surface area (Å²) in [5.41, 5.74) is 1.06. The maximum absolute atomic E-state index is 12.3. The SMILES string of the molecule is Cc1ccc(C(=O)CCC(=O)CCC(=O)NC(c2ccccc2)C(C)C)s1. The number of carbonyl (C=O) groups is 3. The fourth-order valence-electron chi connectivity index (χ4n) is 2.88. The number of rotatable bonds is 10. The molecule has 1 heterocycles. The average molecular weight is 386 g/mol. The summed E-state index contributed by atoms with van der Waals surface area (Å²) >= 11 is 1.45. The molecule has 0 saturated carbocycles. The van der Waals surface area contributed by atoms with Gasteiger partial charge < -0.3 is 5.32 Å². The molecule has 1 amide bonds. The fraction of sp³-hybridized carbons (Fsp3) is 0.409. The van der Waals surface area contributed by atoms with Crippen LogP contribution in [0.2, 0.25) is 0 Å². The van der Waals surface area contributed by atoms with Crippen LogP contribution in [-0.4, -0.2) is 17.5 Å². The van der Waals surface area contributed by atoms with E-state index in [-0.39, 0.29) is 55.1 Å². The first-order valence-corrected chi connectivity index (χ1v) is 10.1. The Bertz CT molecular complexity index is 780. The number of nitrogens with one attached hydrogen (secondary N) is 1. The minimum absolute atomic E-state index is 0.00477. The molecule has 1 N–H and O–H groups in total. The minimum atomic E-state index is -0.133. The van der Waals surface area contributed by atoms with Gasteiger partial charge in [0, 0.05) is 30.6 Å². The van der Waals surface area contributed by atoms with Crippen molar-refractivity contribution >= 4 is 28.8 Å². The Kier molecular flexibility index (Phi) is 7.92. The topological polar surface area (TPSA) is 63.2 Å². The van der Waals surface area contributed by atoms with Crippen molar-refractivity contribution in [3.63, 3.8) is 0 Å². The van der Waals surface area contributed by atoms with Gasteiger partial charge in [-0.15, -0.1) is 11.3 Å². The van der Waals surface area contributed by atoms with Crippen LogP contribution in [0.3, 0.4) is 0 Å². The summed E-state index contributed by atoms with van der Waals surface area (Å²) in [5, 5.41) is 3.03. The molecule has 1 aromatic carbocycles. The molecule has 0 radical (unpaired) electrons. The van der Waals surface area contributed by atoms with E-state index in [4.69, 9.17) is 0 Å². The molecule has 0 fully saturated rings. The van der Waals surface area contributed by atoms with Crippen LogP contribution in [0, 0.1) is 12.8 Å². The van der Waals surface area contributed by atoms with Crippen LogP contribution in [0.4, 0.5) is 0 Å². The highest BCUT2D eigenvalue weighted by molar-refractivity contribution is 7.14. The van der Waals surface area contributed by atoms with Crippen LogP contribution < -0.4 is 5.32 Å². The highest BCUT2D eigenvalue weighted by Crippen LogP contribution is 2.21. The van der Waals surface area contributed by atoms with Gasteiger partial charge in [-0.3, -0.25) is 14.4 Å². The lowest BCUT2D eigenvalue weighted by atomic mass is 9.96. The normalized spacial score (nSPS) is 12.0. The molecule has 27 heavy (non-hydrogen) atoms. The monoisotopic (exact) mass is 385 g/mol. The second-order valence-electron chi connectivity index (χ2n) is 7.07. The van der Waals surface area contributed by atoms with E-state index in [0.29, 0.717) is 4.88 Å². The zero-order valence-electron chi connectivity index (χ0n) is 16.2. The lowest BCUT2D eigenvalue weighted by Gasteiger charge is -2.23. The highest BCUT2D eigenvalue weighted by Gasteiger charge is 2.19. The average Bonchev–Trinajstić information content (AvgIpc) is 3.09. The van der Waals surface area contributed by atoms with Gasteiger partial charge in [0.15, 0.2) is 5.78 Å². The molecule has 1 aromatic heterocycles. The lowest BCUT2D eigenvalue weighted by molar-refractivity contribution is -0.126. The maximum atomic E-state index is 12.3. The smallest absolute Gasteiger partial charge is 0.220 e. The molecule has 2 aromatic rings. The van der Waals surface area contributed by atoms with E-state index in [1.54, 1.807) is 6.07 Å². The van der Waals surface area contributed by atoms with Crippen LogP contribution >= 0.6 is 11.3 Å². The second-order valence-corrected chi connectivity index (χ2v) is 8.36. The highest BCUT2D eigenvalue weighted by atomic mass is 32.1. The number of amides is 1. The van der Waals surface area contributed by atoms with Crippen molar-refractivity contribution in [2.24, 2.45) is 5.92 Å². The van der Waals surface area contributed by atoms with E-state index in [9.17, 15) is 14.4 Å². The number of ketones is 2. The number of carbonyl (C=O) groups excluding carboxylic acids is 3. The standard InChI is InChI=1S/C22H27NO3S/c1-15(2)22(17-7-5-4-6-8-17)23-21(26)14-11-18(24)10-12-19(25)20-13-9-16(3)27-20/h4-9,13,15,22H,10-12,14H2,1-3H3,(H,23,26). The molecule has 1 unspecified atom stereocenters. The molecule has 4 nitrogen and oxygen atoms in total. The largest absolute Gasteiger partial charge is 0.349 e. The van der Waals surface area contributed by atoms with Crippen molar-refractivity contribution in [1.29, 1.82) is 0 Å². The van der Waals surface area contributed by atoms with Gasteiger partial charge in [0.2, 0.25) is 5.91 Å². The molecule has 0 saturated heterocycles. The summed E-state index contributed by atoms with van der Waals surface area (Å²) in [7, 11) is 0. The molecule has 2 rings (SSSR count). The van der Waals surface area contributed by atoms with Gasteiger partial charge in [0.1, 0.15) is 5.78 Å². The summed E-state index contributed by atoms with van der Waals surface area (Å²) in [6.07, 6.45) is 0.720. The summed E-state index contributed by atoms with van der Waals surface area (Å²) in [4.78, 5) is 38.2. The van der Waals surface area contributed by atoms with E-state index >= 15 is 0 Å². The zero-order chi connectivity index (χ0) is 19.8. The van der Waals surface area contributed by atoms with E-state index in [2.05, 4.69) is 19.2 Å². The Labute approximate surface area is 165 Å². The third-order valence-corrected chi connectivity index (χ3v) is 5.46. The van der Waals surface area contributed by atoms with Gasteiger partial charge >= 0.3 is 0 Å². The van der Waals surface area contributed by atoms with E-state index in [1.807, 2.05) is 43.3 Å². The van der Waals surface area contributed by atoms with Crippen molar-refractivity contribution < 1.29 is 14.4 Å². The van der Waals surface area contributed by atoms with Gasteiger partial charge in [-0.05, 0) is 30.5 Å². The first-order valence-electron chi connectivity index (χ1n) is 9.32. The summed E-state index contributed by atoms with van der Waals surface area (Å²) < 4.78 is 0. The number of hydrogen-bond donors (Lipinski definition) is 1. The van der Waals surface area contributed by atoms with Crippen molar-refractivity contribution in [2.45, 2.75) is 52.5 Å². The number of hydrogen-bond acceptors (Lipinski definition) is 4. The molecular weight excluding hydrogens is 358 g/mol. The second kappa shape index (κ2) is 10.2. The zero-order valence-corrected chi connectivity index (χ0v) is 17.0. The van der Waals surface area contributed by atoms with E-state index < -0.39 is 0 Å². The summed E-state index contributed by atoms with van der Waals surface area (Å²) in [6.45, 7) is 6.06. The van der Waals surface area contributed by atoms with Crippen LogP contribution in [0.1, 0.15) is 65.7 Å². The lowest BCUT2D eigenvalue weighted by Crippen LogP contribution is -2.31. The van der Waals surface area contributed by atoms with Gasteiger partial charge in [-0.2, -0.15) is 0 Å². The summed E-state index contributed by atoms with van der Waals surface area (Å²) in [6, 6.07) is 13.5. The van der Waals surface area contributed by atoms with Crippen molar-refractivity contribution in [1.82, 2.24) is 5.32 Å². The van der Waals surface area contributed by atoms with Gasteiger partial charge in [-0.25, -0.2) is 0 Å². The molecule has 0 spiro atoms. The number of thiophene rings is 1. The summed E-state index contributed by atoms with van der Waals surface area (Å²) in [5.74, 6) is 0.0625. The molecule has 5 heteroatoms. The Morgan fingerprint density at radius 1 is 0.926 bits per heavy atom. The predicted octanol–water partition coefficient (Wildman–Crippen LogP) is 4.88. The first kappa shape index (κ1) is 21.0. The van der Waals surface area contributed by atoms with Gasteiger partial charge in [0.25, 0.3) is 0 Å². The first-order chi connectivity index (χ1) is 12.9. The molecule has 0 aliphatic carbocycles. The van der Waals surface area contributed by atoms with E-state index in [1.165, 1.54) is 11.3 Å². The van der Waals surface area contributed by atoms with Crippen LogP contribution in [0.5, 0.6) is 0 Å². The van der Waals surface area contributed by atoms with Crippen molar-refractivity contribution in [3.05, 3.63) is 57.8 Å². The van der Waals surface area contributed by atoms with Crippen LogP contribution in [0.15, 0.2) is 42.5 Å². The third kappa shape index (κ3) is 6.75. The molecule has 0 aliphatic rings. The minimum Gasteiger partial charge on any atom is -0.349 e. The number of aryl methyl sites for hydroxylation is 1. The number of Topliss-reactive ketones (excluding diaryl/α,β-unsaturated/α-hetero) is 2. The fourth-order valence-corrected chi connectivity index (χ4v) is 3.71. The number of benzene rings is 1. The third-order valence-electron chi connectivity index (χ3n) is 4.42. The van der Waals surface area contributed by atoms with Crippen molar-refractivity contribution in [2.75, 3.05) is 0 Å². The van der Waals surface area contributed by atoms with Crippen molar-refractivity contribution in [3.8, 4) is 0 Å². The molecular formula is C22H27NO3S. The van der Waals surface area contributed by atoms with Crippen LogP contribution in [-0.2, 0) is 9.59 Å². The molecule has 1 atom stereocenters.